The van der Waals surface area contributed by atoms with Crippen LogP contribution in [0.2, 0.25) is 0 Å². The molecule has 8 nitrogen and oxygen atoms in total. The summed E-state index contributed by atoms with van der Waals surface area (Å²) >= 11 is 1.40. The van der Waals surface area contributed by atoms with Crippen LogP contribution in [0.15, 0.2) is 36.9 Å². The molecule has 1 N–H and O–H groups in total. The van der Waals surface area contributed by atoms with Crippen LogP contribution in [0.4, 0.5) is 5.00 Å². The zero-order valence-electron chi connectivity index (χ0n) is 19.3. The number of anilines is 1. The van der Waals surface area contributed by atoms with Crippen LogP contribution in [0.1, 0.15) is 40.0 Å². The van der Waals surface area contributed by atoms with Gasteiger partial charge in [0.2, 0.25) is 11.8 Å². The van der Waals surface area contributed by atoms with Crippen molar-refractivity contribution in [2.75, 3.05) is 19.0 Å². The fourth-order valence-corrected chi connectivity index (χ4v) is 5.39. The third kappa shape index (κ3) is 5.29. The monoisotopic (exact) mass is 477 g/mol. The quantitative estimate of drug-likeness (QED) is 0.533. The summed E-state index contributed by atoms with van der Waals surface area (Å²) in [5, 5.41) is 13.2. The second-order valence-electron chi connectivity index (χ2n) is 8.30. The number of fused-ring (bicyclic) bond motifs is 1. The highest BCUT2D eigenvalue weighted by Crippen LogP contribution is 2.37. The molecule has 0 saturated heterocycles. The van der Waals surface area contributed by atoms with Crippen molar-refractivity contribution in [3.05, 3.63) is 64.1 Å². The fraction of sp³-hybridized carbons (Fsp3) is 0.360. The van der Waals surface area contributed by atoms with Gasteiger partial charge >= 0.3 is 0 Å². The van der Waals surface area contributed by atoms with Gasteiger partial charge < -0.3 is 19.5 Å². The largest absolute Gasteiger partial charge is 0.496 e. The van der Waals surface area contributed by atoms with E-state index in [0.717, 1.165) is 27.3 Å². The van der Waals surface area contributed by atoms with E-state index < -0.39 is 0 Å². The summed E-state index contributed by atoms with van der Waals surface area (Å²) in [6.45, 7) is 3.63. The van der Waals surface area contributed by atoms with Crippen molar-refractivity contribution in [3.63, 3.8) is 0 Å². The minimum absolute atomic E-state index is 0.0731. The number of carbonyl (C=O) groups excluding carboxylic acids is 2. The Hall–Kier alpha value is -3.64. The molecule has 9 heteroatoms. The van der Waals surface area contributed by atoms with Gasteiger partial charge in [0.25, 0.3) is 0 Å². The minimum Gasteiger partial charge on any atom is -0.496 e. The molecule has 1 aliphatic heterocycles. The lowest BCUT2D eigenvalue weighted by Crippen LogP contribution is -2.35. The highest BCUT2D eigenvalue weighted by Gasteiger charge is 2.27. The van der Waals surface area contributed by atoms with E-state index in [2.05, 4.69) is 16.4 Å². The van der Waals surface area contributed by atoms with Gasteiger partial charge in [-0.1, -0.05) is 17.7 Å². The number of aryl methyl sites for hydroxylation is 3. The lowest BCUT2D eigenvalue weighted by atomic mass is 10.0. The van der Waals surface area contributed by atoms with Crippen molar-refractivity contribution in [2.45, 2.75) is 45.7 Å². The van der Waals surface area contributed by atoms with Gasteiger partial charge in [0, 0.05) is 43.2 Å². The predicted molar refractivity (Wildman–Crippen MR) is 130 cm³/mol. The first-order chi connectivity index (χ1) is 16.5. The minimum atomic E-state index is -0.146. The second-order valence-corrected chi connectivity index (χ2v) is 9.40. The number of imidazole rings is 1. The number of amides is 2. The molecule has 0 fully saturated rings. The highest BCUT2D eigenvalue weighted by atomic mass is 32.1. The summed E-state index contributed by atoms with van der Waals surface area (Å²) in [5.41, 5.74) is 3.56. The molecular weight excluding hydrogens is 450 g/mol. The molecule has 2 amide bonds. The van der Waals surface area contributed by atoms with Gasteiger partial charge in [-0.15, -0.1) is 11.3 Å². The Morgan fingerprint density at radius 3 is 2.91 bits per heavy atom. The summed E-state index contributed by atoms with van der Waals surface area (Å²) in [4.78, 5) is 32.2. The number of rotatable bonds is 8. The number of thiophene rings is 1. The number of hydrogen-bond donors (Lipinski definition) is 1. The molecule has 0 spiro atoms. The van der Waals surface area contributed by atoms with Crippen LogP contribution < -0.4 is 10.1 Å². The lowest BCUT2D eigenvalue weighted by molar-refractivity contribution is -0.132. The number of benzene rings is 1. The predicted octanol–water partition coefficient (Wildman–Crippen LogP) is 3.68. The first-order valence-corrected chi connectivity index (χ1v) is 12.0. The average molecular weight is 478 g/mol. The number of ether oxygens (including phenoxy) is 1. The molecule has 1 aromatic carbocycles. The van der Waals surface area contributed by atoms with E-state index in [4.69, 9.17) is 4.74 Å². The molecule has 0 saturated carbocycles. The Labute approximate surface area is 202 Å². The third-order valence-corrected chi connectivity index (χ3v) is 7.11. The number of hydrogen-bond acceptors (Lipinski definition) is 6. The van der Waals surface area contributed by atoms with Crippen molar-refractivity contribution in [3.8, 4) is 11.8 Å². The molecule has 1 aliphatic rings. The first kappa shape index (κ1) is 23.5. The van der Waals surface area contributed by atoms with Crippen molar-refractivity contribution >= 4 is 28.2 Å². The molecule has 0 radical (unpaired) electrons. The molecular formula is C25H27N5O3S. The van der Waals surface area contributed by atoms with E-state index in [9.17, 15) is 14.9 Å². The fourth-order valence-electron chi connectivity index (χ4n) is 4.16. The van der Waals surface area contributed by atoms with Crippen molar-refractivity contribution in [1.29, 1.82) is 5.26 Å². The first-order valence-electron chi connectivity index (χ1n) is 11.2. The normalized spacial score (nSPS) is 12.7. The molecule has 0 bridgehead atoms. The van der Waals surface area contributed by atoms with Crippen LogP contribution in [0.5, 0.6) is 5.75 Å². The maximum Gasteiger partial charge on any atom is 0.225 e. The Morgan fingerprint density at radius 2 is 2.18 bits per heavy atom. The maximum atomic E-state index is 12.7. The van der Waals surface area contributed by atoms with Gasteiger partial charge in [-0.25, -0.2) is 4.98 Å². The summed E-state index contributed by atoms with van der Waals surface area (Å²) < 4.78 is 7.28. The summed E-state index contributed by atoms with van der Waals surface area (Å²) in [5.74, 6) is 0.691. The van der Waals surface area contributed by atoms with E-state index in [1.807, 2.05) is 40.8 Å². The number of aromatic nitrogens is 2. The molecule has 0 aliphatic carbocycles. The Kier molecular flexibility index (Phi) is 7.28. The number of carbonyl (C=O) groups is 2. The Balaban J connectivity index is 1.39. The van der Waals surface area contributed by atoms with Crippen LogP contribution in [0.3, 0.4) is 0 Å². The molecule has 0 unspecified atom stereocenters. The van der Waals surface area contributed by atoms with Gasteiger partial charge in [0.05, 0.1) is 25.5 Å². The van der Waals surface area contributed by atoms with E-state index in [1.54, 1.807) is 19.6 Å². The van der Waals surface area contributed by atoms with Crippen molar-refractivity contribution in [2.24, 2.45) is 0 Å². The number of nitriles is 1. The standard InChI is InChI=1S/C25H27N5O3S/c1-17-3-5-21(33-2)18(13-17)4-6-23(31)28-25-20(14-26)19-7-11-30(15-22(19)34-25)24(32)8-10-29-12-9-27-16-29/h3,5,9,12-13,16H,4,6-8,10-11,15H2,1-2H3,(H,28,31). The summed E-state index contributed by atoms with van der Waals surface area (Å²) in [6, 6.07) is 8.17. The van der Waals surface area contributed by atoms with Gasteiger partial charge in [0.15, 0.2) is 0 Å². The number of nitrogens with zero attached hydrogens (tertiary/aromatic N) is 4. The molecule has 176 valence electrons. The third-order valence-electron chi connectivity index (χ3n) is 5.97. The summed E-state index contributed by atoms with van der Waals surface area (Å²) in [6.07, 6.45) is 7.07. The second kappa shape index (κ2) is 10.5. The average Bonchev–Trinajstić information content (AvgIpc) is 3.48. The molecule has 2 aromatic heterocycles. The zero-order chi connectivity index (χ0) is 24.1. The summed E-state index contributed by atoms with van der Waals surface area (Å²) in [7, 11) is 1.62. The topological polar surface area (TPSA) is 100 Å². The molecule has 34 heavy (non-hydrogen) atoms. The van der Waals surface area contributed by atoms with Crippen LogP contribution in [-0.2, 0) is 35.5 Å². The van der Waals surface area contributed by atoms with Gasteiger partial charge in [-0.3, -0.25) is 9.59 Å². The van der Waals surface area contributed by atoms with Crippen molar-refractivity contribution < 1.29 is 14.3 Å². The highest BCUT2D eigenvalue weighted by molar-refractivity contribution is 7.16. The van der Waals surface area contributed by atoms with E-state index >= 15 is 0 Å². The van der Waals surface area contributed by atoms with Crippen LogP contribution >= 0.6 is 11.3 Å². The molecule has 4 rings (SSSR count). The SMILES string of the molecule is COc1ccc(C)cc1CCC(=O)Nc1sc2c(c1C#N)CCN(C(=O)CCn1ccnc1)C2. The van der Waals surface area contributed by atoms with Gasteiger partial charge in [-0.05, 0) is 37.0 Å². The molecule has 3 heterocycles. The molecule has 0 atom stereocenters. The molecule has 3 aromatic rings. The van der Waals surface area contributed by atoms with Crippen LogP contribution in [0, 0.1) is 18.3 Å². The smallest absolute Gasteiger partial charge is 0.225 e. The van der Waals surface area contributed by atoms with Gasteiger partial charge in [-0.2, -0.15) is 5.26 Å². The van der Waals surface area contributed by atoms with E-state index in [1.165, 1.54) is 11.3 Å². The van der Waals surface area contributed by atoms with Crippen LogP contribution in [-0.4, -0.2) is 39.9 Å². The maximum absolute atomic E-state index is 12.7. The zero-order valence-corrected chi connectivity index (χ0v) is 20.2. The van der Waals surface area contributed by atoms with E-state index in [-0.39, 0.29) is 18.2 Å². The van der Waals surface area contributed by atoms with Crippen LogP contribution in [0.25, 0.3) is 0 Å². The Bertz CT molecular complexity index is 1230. The van der Waals surface area contributed by atoms with Gasteiger partial charge in [0.1, 0.15) is 16.8 Å². The van der Waals surface area contributed by atoms with Crippen molar-refractivity contribution in [1.82, 2.24) is 14.5 Å². The lowest BCUT2D eigenvalue weighted by Gasteiger charge is -2.27. The number of nitrogens with one attached hydrogen (secondary N) is 1. The van der Waals surface area contributed by atoms with E-state index in [0.29, 0.717) is 49.5 Å². The Morgan fingerprint density at radius 1 is 1.32 bits per heavy atom. The number of methoxy groups -OCH3 is 1.